The highest BCUT2D eigenvalue weighted by molar-refractivity contribution is 5.42. The van der Waals surface area contributed by atoms with Crippen molar-refractivity contribution in [1.82, 2.24) is 0 Å². The van der Waals surface area contributed by atoms with E-state index < -0.39 is 5.60 Å². The molecule has 84 valence electrons. The fourth-order valence-electron chi connectivity index (χ4n) is 1.36. The highest BCUT2D eigenvalue weighted by Crippen LogP contribution is 2.27. The molecule has 1 unspecified atom stereocenters. The molecule has 0 amide bonds. The van der Waals surface area contributed by atoms with Crippen LogP contribution in [0.3, 0.4) is 0 Å². The number of nitrogens with two attached hydrogens (primary N) is 1. The monoisotopic (exact) mass is 211 g/mol. The third-order valence-corrected chi connectivity index (χ3v) is 2.27. The summed E-state index contributed by atoms with van der Waals surface area (Å²) in [4.78, 5) is 0. The van der Waals surface area contributed by atoms with Crippen molar-refractivity contribution < 1.29 is 14.9 Å². The van der Waals surface area contributed by atoms with E-state index in [0.717, 1.165) is 5.56 Å². The molecule has 0 aliphatic heterocycles. The third-order valence-electron chi connectivity index (χ3n) is 2.27. The van der Waals surface area contributed by atoms with Crippen molar-refractivity contribution in [1.29, 1.82) is 0 Å². The summed E-state index contributed by atoms with van der Waals surface area (Å²) >= 11 is 0. The van der Waals surface area contributed by atoms with E-state index in [9.17, 15) is 10.2 Å². The van der Waals surface area contributed by atoms with Crippen LogP contribution in [-0.2, 0) is 6.42 Å². The van der Waals surface area contributed by atoms with Crippen LogP contribution in [0.5, 0.6) is 11.5 Å². The van der Waals surface area contributed by atoms with Gasteiger partial charge in [0.15, 0.2) is 11.5 Å². The van der Waals surface area contributed by atoms with E-state index in [1.807, 2.05) is 0 Å². The third kappa shape index (κ3) is 3.11. The van der Waals surface area contributed by atoms with Gasteiger partial charge < -0.3 is 20.7 Å². The van der Waals surface area contributed by atoms with E-state index in [4.69, 9.17) is 10.5 Å². The summed E-state index contributed by atoms with van der Waals surface area (Å²) in [6, 6.07) is 5.03. The normalized spacial score (nSPS) is 14.7. The minimum absolute atomic E-state index is 0.0721. The number of hydrogen-bond donors (Lipinski definition) is 3. The van der Waals surface area contributed by atoms with Crippen molar-refractivity contribution in [2.75, 3.05) is 13.7 Å². The van der Waals surface area contributed by atoms with Crippen molar-refractivity contribution in [3.05, 3.63) is 23.8 Å². The summed E-state index contributed by atoms with van der Waals surface area (Å²) in [7, 11) is 1.49. The predicted octanol–water partition coefficient (Wildman–Crippen LogP) is 0.653. The Hall–Kier alpha value is -1.26. The van der Waals surface area contributed by atoms with Crippen LogP contribution in [0.4, 0.5) is 0 Å². The second kappa shape index (κ2) is 4.51. The van der Waals surface area contributed by atoms with Gasteiger partial charge in [-0.2, -0.15) is 0 Å². The topological polar surface area (TPSA) is 75.7 Å². The number of hydrogen-bond acceptors (Lipinski definition) is 4. The summed E-state index contributed by atoms with van der Waals surface area (Å²) in [5.41, 5.74) is 5.29. The second-order valence-electron chi connectivity index (χ2n) is 3.88. The average molecular weight is 211 g/mol. The Labute approximate surface area is 89.3 Å². The van der Waals surface area contributed by atoms with Gasteiger partial charge in [0.2, 0.25) is 0 Å². The largest absolute Gasteiger partial charge is 0.504 e. The van der Waals surface area contributed by atoms with E-state index in [1.165, 1.54) is 7.11 Å². The Morgan fingerprint density at radius 1 is 1.47 bits per heavy atom. The van der Waals surface area contributed by atoms with Gasteiger partial charge in [0.05, 0.1) is 12.7 Å². The number of aromatic hydroxyl groups is 1. The first-order chi connectivity index (χ1) is 6.98. The molecule has 0 aliphatic carbocycles. The first-order valence-corrected chi connectivity index (χ1v) is 4.77. The molecule has 0 radical (unpaired) electrons. The maximum atomic E-state index is 9.76. The van der Waals surface area contributed by atoms with Crippen molar-refractivity contribution in [2.45, 2.75) is 18.9 Å². The van der Waals surface area contributed by atoms with Crippen LogP contribution in [-0.4, -0.2) is 29.5 Å². The van der Waals surface area contributed by atoms with Crippen molar-refractivity contribution in [3.8, 4) is 11.5 Å². The number of benzene rings is 1. The molecule has 4 nitrogen and oxygen atoms in total. The highest BCUT2D eigenvalue weighted by atomic mass is 16.5. The Bertz CT molecular complexity index is 337. The van der Waals surface area contributed by atoms with E-state index in [1.54, 1.807) is 25.1 Å². The molecule has 1 rings (SSSR count). The summed E-state index contributed by atoms with van der Waals surface area (Å²) < 4.78 is 4.92. The number of ether oxygens (including phenoxy) is 1. The molecule has 0 saturated carbocycles. The summed E-state index contributed by atoms with van der Waals surface area (Å²) in [5, 5.41) is 19.3. The standard InChI is InChI=1S/C11H17NO3/c1-11(14,7-12)6-8-3-4-10(15-2)9(13)5-8/h3-5,13-14H,6-7,12H2,1-2H3. The number of methoxy groups -OCH3 is 1. The van der Waals surface area contributed by atoms with Crippen LogP contribution in [0.2, 0.25) is 0 Å². The molecule has 0 aliphatic rings. The van der Waals surface area contributed by atoms with Crippen LogP contribution < -0.4 is 10.5 Å². The van der Waals surface area contributed by atoms with Crippen LogP contribution in [0.15, 0.2) is 18.2 Å². The molecule has 15 heavy (non-hydrogen) atoms. The Kier molecular flexibility index (Phi) is 3.55. The van der Waals surface area contributed by atoms with Gasteiger partial charge in [0.25, 0.3) is 0 Å². The lowest BCUT2D eigenvalue weighted by molar-refractivity contribution is 0.0696. The molecule has 0 aromatic heterocycles. The molecule has 0 heterocycles. The van der Waals surface area contributed by atoms with Gasteiger partial charge in [-0.1, -0.05) is 6.07 Å². The highest BCUT2D eigenvalue weighted by Gasteiger charge is 2.19. The molecule has 4 heteroatoms. The minimum atomic E-state index is -0.943. The van der Waals surface area contributed by atoms with Gasteiger partial charge in [-0.3, -0.25) is 0 Å². The summed E-state index contributed by atoms with van der Waals surface area (Å²) in [6.45, 7) is 1.84. The second-order valence-corrected chi connectivity index (χ2v) is 3.88. The van der Waals surface area contributed by atoms with E-state index in [-0.39, 0.29) is 12.3 Å². The molecule has 0 fully saturated rings. The van der Waals surface area contributed by atoms with Gasteiger partial charge in [0.1, 0.15) is 0 Å². The van der Waals surface area contributed by atoms with Crippen LogP contribution in [0.25, 0.3) is 0 Å². The zero-order valence-electron chi connectivity index (χ0n) is 9.03. The number of phenolic OH excluding ortho intramolecular Hbond substituents is 1. The van der Waals surface area contributed by atoms with E-state index in [0.29, 0.717) is 12.2 Å². The lowest BCUT2D eigenvalue weighted by Gasteiger charge is -2.21. The Balaban J connectivity index is 2.84. The van der Waals surface area contributed by atoms with Crippen molar-refractivity contribution in [3.63, 3.8) is 0 Å². The minimum Gasteiger partial charge on any atom is -0.504 e. The predicted molar refractivity (Wildman–Crippen MR) is 58.0 cm³/mol. The van der Waals surface area contributed by atoms with Gasteiger partial charge >= 0.3 is 0 Å². The molecule has 4 N–H and O–H groups in total. The van der Waals surface area contributed by atoms with Gasteiger partial charge in [-0.25, -0.2) is 0 Å². The average Bonchev–Trinajstić information content (AvgIpc) is 2.17. The molecular formula is C11H17NO3. The molecule has 0 saturated heterocycles. The Morgan fingerprint density at radius 2 is 2.13 bits per heavy atom. The molecule has 0 spiro atoms. The number of rotatable bonds is 4. The molecular weight excluding hydrogens is 194 g/mol. The fourth-order valence-corrected chi connectivity index (χ4v) is 1.36. The summed E-state index contributed by atoms with van der Waals surface area (Å²) in [5.74, 6) is 0.494. The zero-order valence-corrected chi connectivity index (χ0v) is 9.03. The SMILES string of the molecule is COc1ccc(CC(C)(O)CN)cc1O. The van der Waals surface area contributed by atoms with Crippen molar-refractivity contribution in [2.24, 2.45) is 5.73 Å². The van der Waals surface area contributed by atoms with Crippen LogP contribution in [0, 0.1) is 0 Å². The Morgan fingerprint density at radius 3 is 2.60 bits per heavy atom. The molecule has 1 atom stereocenters. The first kappa shape index (κ1) is 11.8. The van der Waals surface area contributed by atoms with Crippen LogP contribution in [0.1, 0.15) is 12.5 Å². The lowest BCUT2D eigenvalue weighted by atomic mass is 9.96. The van der Waals surface area contributed by atoms with Crippen LogP contribution >= 0.6 is 0 Å². The lowest BCUT2D eigenvalue weighted by Crippen LogP contribution is -2.36. The van der Waals surface area contributed by atoms with Gasteiger partial charge in [0, 0.05) is 13.0 Å². The fraction of sp³-hybridized carbons (Fsp3) is 0.455. The summed E-state index contributed by atoms with van der Waals surface area (Å²) in [6.07, 6.45) is 0.404. The zero-order chi connectivity index (χ0) is 11.5. The van der Waals surface area contributed by atoms with Gasteiger partial charge in [-0.05, 0) is 24.6 Å². The maximum Gasteiger partial charge on any atom is 0.160 e. The molecule has 1 aromatic carbocycles. The van der Waals surface area contributed by atoms with E-state index >= 15 is 0 Å². The van der Waals surface area contributed by atoms with E-state index in [2.05, 4.69) is 0 Å². The van der Waals surface area contributed by atoms with Crippen molar-refractivity contribution >= 4 is 0 Å². The first-order valence-electron chi connectivity index (χ1n) is 4.77. The number of aliphatic hydroxyl groups is 1. The number of phenols is 1. The maximum absolute atomic E-state index is 9.76. The quantitative estimate of drug-likeness (QED) is 0.683. The smallest absolute Gasteiger partial charge is 0.160 e. The molecule has 1 aromatic rings. The van der Waals surface area contributed by atoms with Gasteiger partial charge in [-0.15, -0.1) is 0 Å². The molecule has 0 bridgehead atoms.